The van der Waals surface area contributed by atoms with Crippen LogP contribution in [-0.2, 0) is 11.3 Å². The number of hydrogen-bond donors (Lipinski definition) is 0. The molecule has 6 nitrogen and oxygen atoms in total. The van der Waals surface area contributed by atoms with E-state index in [0.29, 0.717) is 18.8 Å². The van der Waals surface area contributed by atoms with Gasteiger partial charge in [-0.1, -0.05) is 35.5 Å². The number of nitrogens with zero attached hydrogens (tertiary/aromatic N) is 4. The topological polar surface area (TPSA) is 60.2 Å². The Morgan fingerprint density at radius 3 is 2.82 bits per heavy atom. The number of ether oxygens (including phenoxy) is 1. The van der Waals surface area contributed by atoms with Crippen LogP contribution in [0, 0.1) is 0 Å². The fourth-order valence-corrected chi connectivity index (χ4v) is 3.25. The van der Waals surface area contributed by atoms with Crippen LogP contribution in [0.25, 0.3) is 0 Å². The van der Waals surface area contributed by atoms with Crippen molar-refractivity contribution in [3.05, 3.63) is 47.8 Å². The number of carbonyl (C=O) groups excluding carboxylic acids is 1. The van der Waals surface area contributed by atoms with Gasteiger partial charge in [0.1, 0.15) is 0 Å². The molecule has 1 aromatic carbocycles. The van der Waals surface area contributed by atoms with Crippen LogP contribution >= 0.6 is 0 Å². The summed E-state index contributed by atoms with van der Waals surface area (Å²) in [6.45, 7) is 2.80. The van der Waals surface area contributed by atoms with Crippen LogP contribution in [0.15, 0.2) is 36.5 Å². The summed E-state index contributed by atoms with van der Waals surface area (Å²) < 4.78 is 7.18. The first-order valence-corrected chi connectivity index (χ1v) is 7.61. The molecule has 0 aliphatic carbocycles. The Morgan fingerprint density at radius 2 is 2.14 bits per heavy atom. The minimum Gasteiger partial charge on any atom is -0.379 e. The fraction of sp³-hybridized carbons (Fsp3) is 0.438. The number of carbonyl (C=O) groups is 1. The van der Waals surface area contributed by atoms with Crippen molar-refractivity contribution in [1.82, 2.24) is 19.9 Å². The van der Waals surface area contributed by atoms with E-state index < -0.39 is 0 Å². The quantitative estimate of drug-likeness (QED) is 0.858. The van der Waals surface area contributed by atoms with Crippen LogP contribution in [0.5, 0.6) is 0 Å². The standard InChI is InChI=1S/C16H18N4O2/c21-15(20-8-6-16(20)7-9-22-12-16)14-11-19(18-17-14)10-13-4-2-1-3-5-13/h1-5,11H,6-10,12H2. The average molecular weight is 298 g/mol. The predicted molar refractivity (Wildman–Crippen MR) is 79.4 cm³/mol. The molecular formula is C16H18N4O2. The molecule has 4 rings (SSSR count). The normalized spacial score (nSPS) is 23.7. The van der Waals surface area contributed by atoms with Gasteiger partial charge in [0, 0.05) is 13.2 Å². The number of hydrogen-bond acceptors (Lipinski definition) is 4. The molecular weight excluding hydrogens is 280 g/mol. The first-order valence-electron chi connectivity index (χ1n) is 7.61. The highest BCUT2D eigenvalue weighted by atomic mass is 16.5. The summed E-state index contributed by atoms with van der Waals surface area (Å²) in [6, 6.07) is 10.0. The maximum atomic E-state index is 12.6. The fourth-order valence-electron chi connectivity index (χ4n) is 3.25. The Balaban J connectivity index is 1.48. The second kappa shape index (κ2) is 5.21. The molecule has 2 aliphatic heterocycles. The highest BCUT2D eigenvalue weighted by molar-refractivity contribution is 5.93. The van der Waals surface area contributed by atoms with E-state index in [9.17, 15) is 4.79 Å². The predicted octanol–water partition coefficient (Wildman–Crippen LogP) is 1.33. The van der Waals surface area contributed by atoms with Crippen LogP contribution in [0.4, 0.5) is 0 Å². The summed E-state index contributed by atoms with van der Waals surface area (Å²) >= 11 is 0. The maximum Gasteiger partial charge on any atom is 0.276 e. The van der Waals surface area contributed by atoms with Gasteiger partial charge < -0.3 is 9.64 Å². The lowest BCUT2D eigenvalue weighted by atomic mass is 9.83. The van der Waals surface area contributed by atoms with Crippen LogP contribution in [-0.4, -0.2) is 51.1 Å². The van der Waals surface area contributed by atoms with Crippen molar-refractivity contribution in [3.63, 3.8) is 0 Å². The number of benzene rings is 1. The monoisotopic (exact) mass is 298 g/mol. The zero-order valence-corrected chi connectivity index (χ0v) is 12.3. The second-order valence-corrected chi connectivity index (χ2v) is 6.02. The van der Waals surface area contributed by atoms with Gasteiger partial charge in [0.15, 0.2) is 5.69 Å². The molecule has 2 saturated heterocycles. The van der Waals surface area contributed by atoms with Gasteiger partial charge in [-0.3, -0.25) is 4.79 Å². The molecule has 1 unspecified atom stereocenters. The summed E-state index contributed by atoms with van der Waals surface area (Å²) in [5.74, 6) is -0.0314. The Labute approximate surface area is 128 Å². The van der Waals surface area contributed by atoms with E-state index in [-0.39, 0.29) is 11.4 Å². The van der Waals surface area contributed by atoms with E-state index in [0.717, 1.165) is 31.6 Å². The molecule has 0 saturated carbocycles. The summed E-state index contributed by atoms with van der Waals surface area (Å²) in [6.07, 6.45) is 3.69. The van der Waals surface area contributed by atoms with Crippen LogP contribution < -0.4 is 0 Å². The van der Waals surface area contributed by atoms with Gasteiger partial charge in [0.25, 0.3) is 5.91 Å². The molecule has 0 radical (unpaired) electrons. The van der Waals surface area contributed by atoms with Crippen molar-refractivity contribution in [2.75, 3.05) is 19.8 Å². The molecule has 22 heavy (non-hydrogen) atoms. The first kappa shape index (κ1) is 13.5. The van der Waals surface area contributed by atoms with Crippen molar-refractivity contribution in [2.45, 2.75) is 24.9 Å². The van der Waals surface area contributed by atoms with Gasteiger partial charge in [-0.05, 0) is 18.4 Å². The van der Waals surface area contributed by atoms with Gasteiger partial charge in [-0.2, -0.15) is 0 Å². The molecule has 2 fully saturated rings. The number of amides is 1. The lowest BCUT2D eigenvalue weighted by Gasteiger charge is -2.49. The summed E-state index contributed by atoms with van der Waals surface area (Å²) in [5, 5.41) is 8.13. The van der Waals surface area contributed by atoms with Gasteiger partial charge in [-0.25, -0.2) is 4.68 Å². The lowest BCUT2D eigenvalue weighted by molar-refractivity contribution is -0.00840. The van der Waals surface area contributed by atoms with E-state index in [1.165, 1.54) is 0 Å². The third-order valence-corrected chi connectivity index (χ3v) is 4.65. The molecule has 0 N–H and O–H groups in total. The van der Waals surface area contributed by atoms with Gasteiger partial charge in [0.2, 0.25) is 0 Å². The Morgan fingerprint density at radius 1 is 1.27 bits per heavy atom. The van der Waals surface area contributed by atoms with Crippen LogP contribution in [0.1, 0.15) is 28.9 Å². The summed E-state index contributed by atoms with van der Waals surface area (Å²) in [4.78, 5) is 14.5. The van der Waals surface area contributed by atoms with Crippen molar-refractivity contribution in [2.24, 2.45) is 0 Å². The van der Waals surface area contributed by atoms with E-state index >= 15 is 0 Å². The lowest BCUT2D eigenvalue weighted by Crippen LogP contribution is -2.62. The van der Waals surface area contributed by atoms with Crippen LogP contribution in [0.2, 0.25) is 0 Å². The van der Waals surface area contributed by atoms with Gasteiger partial charge in [0.05, 0.1) is 24.9 Å². The Kier molecular flexibility index (Phi) is 3.18. The Hall–Kier alpha value is -2.21. The van der Waals surface area contributed by atoms with E-state index in [2.05, 4.69) is 10.3 Å². The van der Waals surface area contributed by atoms with E-state index in [4.69, 9.17) is 4.74 Å². The maximum absolute atomic E-state index is 12.6. The van der Waals surface area contributed by atoms with Gasteiger partial charge in [-0.15, -0.1) is 5.10 Å². The average Bonchev–Trinajstić information content (AvgIpc) is 3.17. The molecule has 1 aromatic heterocycles. The zero-order chi connectivity index (χ0) is 15.0. The van der Waals surface area contributed by atoms with Crippen molar-refractivity contribution >= 4 is 5.91 Å². The van der Waals surface area contributed by atoms with Crippen molar-refractivity contribution < 1.29 is 9.53 Å². The molecule has 2 aliphatic rings. The summed E-state index contributed by atoms with van der Waals surface area (Å²) in [5.41, 5.74) is 1.47. The zero-order valence-electron chi connectivity index (χ0n) is 12.3. The minimum absolute atomic E-state index is 0.0314. The molecule has 1 amide bonds. The van der Waals surface area contributed by atoms with Crippen molar-refractivity contribution in [1.29, 1.82) is 0 Å². The number of rotatable bonds is 3. The van der Waals surface area contributed by atoms with Gasteiger partial charge >= 0.3 is 0 Å². The molecule has 114 valence electrons. The molecule has 0 bridgehead atoms. The second-order valence-electron chi connectivity index (χ2n) is 6.02. The van der Waals surface area contributed by atoms with E-state index in [1.54, 1.807) is 10.9 Å². The summed E-state index contributed by atoms with van der Waals surface area (Å²) in [7, 11) is 0. The molecule has 1 atom stereocenters. The van der Waals surface area contributed by atoms with Crippen molar-refractivity contribution in [3.8, 4) is 0 Å². The highest BCUT2D eigenvalue weighted by Crippen LogP contribution is 2.38. The third-order valence-electron chi connectivity index (χ3n) is 4.65. The minimum atomic E-state index is -0.0830. The number of likely N-dealkylation sites (tertiary alicyclic amines) is 1. The third kappa shape index (κ3) is 2.20. The molecule has 3 heterocycles. The molecule has 1 spiro atoms. The Bertz CT molecular complexity index is 676. The largest absolute Gasteiger partial charge is 0.379 e. The SMILES string of the molecule is O=C(c1cn(Cc2ccccc2)nn1)N1CCC12CCOC2. The smallest absolute Gasteiger partial charge is 0.276 e. The number of aromatic nitrogens is 3. The molecule has 2 aromatic rings. The highest BCUT2D eigenvalue weighted by Gasteiger charge is 2.50. The first-order chi connectivity index (χ1) is 10.8. The van der Waals surface area contributed by atoms with Crippen LogP contribution in [0.3, 0.4) is 0 Å². The van der Waals surface area contributed by atoms with E-state index in [1.807, 2.05) is 35.2 Å². The molecule has 6 heteroatoms.